The van der Waals surface area contributed by atoms with Crippen LogP contribution in [0.25, 0.3) is 0 Å². The Hall–Kier alpha value is -0.900. The lowest BCUT2D eigenvalue weighted by molar-refractivity contribution is -0.142. The molecule has 3 atom stereocenters. The molecular weight excluding hydrogens is 196 g/mol. The summed E-state index contributed by atoms with van der Waals surface area (Å²) in [7, 11) is 1.38. The van der Waals surface area contributed by atoms with E-state index in [4.69, 9.17) is 4.74 Å². The second-order valence-corrected chi connectivity index (χ2v) is 4.83. The fourth-order valence-electron chi connectivity index (χ4n) is 2.50. The predicted molar refractivity (Wildman–Crippen MR) is 52.2 cm³/mol. The topological polar surface area (TPSA) is 55.9 Å². The SMILES string of the molecule is COC(=O)CC[C@@H]1[C@H]2O[C@H]2C(=O)C1(C)C. The number of hydrogen-bond acceptors (Lipinski definition) is 4. The van der Waals surface area contributed by atoms with Crippen molar-refractivity contribution in [3.63, 3.8) is 0 Å². The van der Waals surface area contributed by atoms with Crippen LogP contribution in [0.3, 0.4) is 0 Å². The van der Waals surface area contributed by atoms with Gasteiger partial charge >= 0.3 is 5.97 Å². The van der Waals surface area contributed by atoms with Gasteiger partial charge in [0.15, 0.2) is 5.78 Å². The molecule has 1 heterocycles. The number of ether oxygens (including phenoxy) is 2. The average Bonchev–Trinajstić information content (AvgIpc) is 2.92. The summed E-state index contributed by atoms with van der Waals surface area (Å²) >= 11 is 0. The lowest BCUT2D eigenvalue weighted by Gasteiger charge is -2.27. The molecule has 0 spiro atoms. The highest BCUT2D eigenvalue weighted by Gasteiger charge is 2.65. The number of esters is 1. The van der Waals surface area contributed by atoms with E-state index in [-0.39, 0.29) is 35.3 Å². The number of ketones is 1. The molecule has 2 fully saturated rings. The first-order valence-corrected chi connectivity index (χ1v) is 5.25. The van der Waals surface area contributed by atoms with Gasteiger partial charge in [0.05, 0.1) is 13.2 Å². The number of carbonyl (C=O) groups excluding carboxylic acids is 2. The molecule has 0 amide bonds. The van der Waals surface area contributed by atoms with Crippen molar-refractivity contribution in [1.82, 2.24) is 0 Å². The van der Waals surface area contributed by atoms with Crippen LogP contribution < -0.4 is 0 Å². The smallest absolute Gasteiger partial charge is 0.305 e. The molecular formula is C11H16O4. The first-order valence-electron chi connectivity index (χ1n) is 5.25. The van der Waals surface area contributed by atoms with Crippen LogP contribution >= 0.6 is 0 Å². The first-order chi connectivity index (χ1) is 6.98. The van der Waals surface area contributed by atoms with Crippen LogP contribution in [-0.2, 0) is 19.1 Å². The number of rotatable bonds is 3. The number of fused-ring (bicyclic) bond motifs is 1. The molecule has 0 aromatic rings. The molecule has 0 unspecified atom stereocenters. The van der Waals surface area contributed by atoms with Gasteiger partial charge in [-0.3, -0.25) is 9.59 Å². The molecule has 1 aliphatic heterocycles. The van der Waals surface area contributed by atoms with Gasteiger partial charge in [0.2, 0.25) is 0 Å². The minimum atomic E-state index is -0.346. The van der Waals surface area contributed by atoms with Crippen molar-refractivity contribution in [3.05, 3.63) is 0 Å². The average molecular weight is 212 g/mol. The van der Waals surface area contributed by atoms with Crippen molar-refractivity contribution in [2.24, 2.45) is 11.3 Å². The monoisotopic (exact) mass is 212 g/mol. The minimum Gasteiger partial charge on any atom is -0.469 e. The van der Waals surface area contributed by atoms with Gasteiger partial charge in [-0.05, 0) is 6.42 Å². The van der Waals surface area contributed by atoms with Gasteiger partial charge in [-0.2, -0.15) is 0 Å². The minimum absolute atomic E-state index is 0.0529. The summed E-state index contributed by atoms with van der Waals surface area (Å²) in [6, 6.07) is 0. The van der Waals surface area contributed by atoms with E-state index in [1.54, 1.807) is 0 Å². The van der Waals surface area contributed by atoms with E-state index in [0.717, 1.165) is 0 Å². The van der Waals surface area contributed by atoms with Gasteiger partial charge in [-0.15, -0.1) is 0 Å². The van der Waals surface area contributed by atoms with Crippen LogP contribution in [0.2, 0.25) is 0 Å². The van der Waals surface area contributed by atoms with Gasteiger partial charge in [0.25, 0.3) is 0 Å². The Bertz CT molecular complexity index is 308. The van der Waals surface area contributed by atoms with Crippen molar-refractivity contribution >= 4 is 11.8 Å². The molecule has 15 heavy (non-hydrogen) atoms. The Morgan fingerprint density at radius 2 is 2.20 bits per heavy atom. The Morgan fingerprint density at radius 3 is 2.67 bits per heavy atom. The van der Waals surface area contributed by atoms with Gasteiger partial charge in [0.1, 0.15) is 6.10 Å². The highest BCUT2D eigenvalue weighted by atomic mass is 16.6. The van der Waals surface area contributed by atoms with Crippen molar-refractivity contribution in [3.8, 4) is 0 Å². The second-order valence-electron chi connectivity index (χ2n) is 4.83. The fraction of sp³-hybridized carbons (Fsp3) is 0.818. The lowest BCUT2D eigenvalue weighted by atomic mass is 9.78. The molecule has 1 saturated carbocycles. The van der Waals surface area contributed by atoms with Crippen LogP contribution in [0.1, 0.15) is 26.7 Å². The van der Waals surface area contributed by atoms with Gasteiger partial charge < -0.3 is 9.47 Å². The third-order valence-electron chi connectivity index (χ3n) is 3.63. The van der Waals surface area contributed by atoms with E-state index in [0.29, 0.717) is 12.8 Å². The summed E-state index contributed by atoms with van der Waals surface area (Å²) in [6.07, 6.45) is 0.900. The molecule has 1 aliphatic carbocycles. The Labute approximate surface area is 88.9 Å². The summed E-state index contributed by atoms with van der Waals surface area (Å²) in [5.74, 6) is 0.124. The highest BCUT2D eigenvalue weighted by molar-refractivity contribution is 5.94. The molecule has 0 bridgehead atoms. The van der Waals surface area contributed by atoms with Crippen molar-refractivity contribution in [2.75, 3.05) is 7.11 Å². The standard InChI is InChI=1S/C11H16O4/c1-11(2)6(4-5-7(12)14-3)8-9(15-8)10(11)13/h6,8-9H,4-5H2,1-3H3/t6-,8-,9-/m1/s1. The van der Waals surface area contributed by atoms with E-state index in [1.807, 2.05) is 13.8 Å². The molecule has 0 radical (unpaired) electrons. The maximum absolute atomic E-state index is 11.8. The third-order valence-corrected chi connectivity index (χ3v) is 3.63. The third kappa shape index (κ3) is 1.57. The number of hydrogen-bond donors (Lipinski definition) is 0. The molecule has 4 heteroatoms. The van der Waals surface area contributed by atoms with Gasteiger partial charge in [-0.1, -0.05) is 13.8 Å². The number of carbonyl (C=O) groups is 2. The first kappa shape index (κ1) is 10.6. The zero-order valence-corrected chi connectivity index (χ0v) is 9.28. The Morgan fingerprint density at radius 1 is 1.53 bits per heavy atom. The maximum Gasteiger partial charge on any atom is 0.305 e. The number of epoxide rings is 1. The summed E-state index contributed by atoms with van der Waals surface area (Å²) in [5, 5.41) is 0. The molecule has 2 rings (SSSR count). The molecule has 0 N–H and O–H groups in total. The van der Waals surface area contributed by atoms with Crippen molar-refractivity contribution in [2.45, 2.75) is 38.9 Å². The van der Waals surface area contributed by atoms with Crippen LogP contribution in [0.15, 0.2) is 0 Å². The number of Topliss-reactive ketones (excluding diaryl/α,β-unsaturated/α-hetero) is 1. The molecule has 0 aromatic carbocycles. The van der Waals surface area contributed by atoms with Gasteiger partial charge in [-0.25, -0.2) is 0 Å². The zero-order chi connectivity index (χ0) is 11.2. The van der Waals surface area contributed by atoms with Crippen LogP contribution in [0.4, 0.5) is 0 Å². The maximum atomic E-state index is 11.8. The molecule has 4 nitrogen and oxygen atoms in total. The molecule has 2 aliphatic rings. The quantitative estimate of drug-likeness (QED) is 0.516. The molecule has 1 saturated heterocycles. The summed E-state index contributed by atoms with van der Waals surface area (Å²) in [6.45, 7) is 3.87. The summed E-state index contributed by atoms with van der Waals surface area (Å²) in [5.41, 5.74) is -0.346. The zero-order valence-electron chi connectivity index (χ0n) is 9.28. The number of methoxy groups -OCH3 is 1. The Balaban J connectivity index is 1.98. The van der Waals surface area contributed by atoms with Gasteiger partial charge in [0, 0.05) is 17.8 Å². The van der Waals surface area contributed by atoms with E-state index in [2.05, 4.69) is 4.74 Å². The normalized spacial score (nSPS) is 36.2. The summed E-state index contributed by atoms with van der Waals surface area (Å²) < 4.78 is 9.87. The Kier molecular flexibility index (Phi) is 2.34. The fourth-order valence-corrected chi connectivity index (χ4v) is 2.50. The van der Waals surface area contributed by atoms with Crippen LogP contribution in [0.5, 0.6) is 0 Å². The highest BCUT2D eigenvalue weighted by Crippen LogP contribution is 2.52. The predicted octanol–water partition coefficient (Wildman–Crippen LogP) is 0.932. The summed E-state index contributed by atoms with van der Waals surface area (Å²) in [4.78, 5) is 22.8. The van der Waals surface area contributed by atoms with Crippen LogP contribution in [0, 0.1) is 11.3 Å². The van der Waals surface area contributed by atoms with Crippen molar-refractivity contribution < 1.29 is 19.1 Å². The van der Waals surface area contributed by atoms with E-state index in [1.165, 1.54) is 7.11 Å². The van der Waals surface area contributed by atoms with E-state index < -0.39 is 0 Å². The largest absolute Gasteiger partial charge is 0.469 e. The second kappa shape index (κ2) is 3.30. The lowest BCUT2D eigenvalue weighted by Crippen LogP contribution is -2.31. The van der Waals surface area contributed by atoms with E-state index >= 15 is 0 Å². The van der Waals surface area contributed by atoms with Crippen molar-refractivity contribution in [1.29, 1.82) is 0 Å². The van der Waals surface area contributed by atoms with Crippen LogP contribution in [-0.4, -0.2) is 31.1 Å². The molecule has 84 valence electrons. The van der Waals surface area contributed by atoms with E-state index in [9.17, 15) is 9.59 Å². The molecule has 0 aromatic heterocycles.